The van der Waals surface area contributed by atoms with Gasteiger partial charge in [-0.25, -0.2) is 4.79 Å². The predicted octanol–water partition coefficient (Wildman–Crippen LogP) is 1.15. The molecule has 1 aromatic rings. The maximum Gasteiger partial charge on any atom is 0.324 e. The van der Waals surface area contributed by atoms with Crippen molar-refractivity contribution in [1.29, 1.82) is 0 Å². The van der Waals surface area contributed by atoms with Gasteiger partial charge in [-0.1, -0.05) is 11.6 Å². The summed E-state index contributed by atoms with van der Waals surface area (Å²) >= 11 is 5.73. The highest BCUT2D eigenvalue weighted by Gasteiger charge is 2.27. The lowest BCUT2D eigenvalue weighted by Gasteiger charge is -2.11. The molecule has 1 aliphatic rings. The molecule has 0 saturated carbocycles. The average molecular weight is 354 g/mol. The number of hydrogen-bond donors (Lipinski definition) is 2. The van der Waals surface area contributed by atoms with E-state index in [1.807, 2.05) is 0 Å². The first-order chi connectivity index (χ1) is 11.5. The van der Waals surface area contributed by atoms with Gasteiger partial charge in [0.2, 0.25) is 5.91 Å². The van der Waals surface area contributed by atoms with Crippen LogP contribution in [0.25, 0.3) is 0 Å². The van der Waals surface area contributed by atoms with E-state index in [1.54, 1.807) is 24.3 Å². The summed E-state index contributed by atoms with van der Waals surface area (Å²) in [7, 11) is 0. The van der Waals surface area contributed by atoms with Crippen LogP contribution < -0.4 is 10.6 Å². The summed E-state index contributed by atoms with van der Waals surface area (Å²) in [6, 6.07) is 6.04. The summed E-state index contributed by atoms with van der Waals surface area (Å²) in [5.41, 5.74) is 0.541. The zero-order chi connectivity index (χ0) is 17.5. The number of rotatable bonds is 7. The third-order valence-electron chi connectivity index (χ3n) is 3.19. The smallest absolute Gasteiger partial charge is 0.324 e. The molecule has 0 aromatic heterocycles. The van der Waals surface area contributed by atoms with Crippen LogP contribution in [0.15, 0.2) is 24.3 Å². The quantitative estimate of drug-likeness (QED) is 0.565. The minimum absolute atomic E-state index is 0.00524. The van der Waals surface area contributed by atoms with Crippen molar-refractivity contribution >= 4 is 41.1 Å². The molecule has 1 heterocycles. The van der Waals surface area contributed by atoms with E-state index in [4.69, 9.17) is 16.3 Å². The van der Waals surface area contributed by atoms with E-state index in [0.29, 0.717) is 10.7 Å². The SMILES string of the molecule is O=C(COC(=O)CCCN1C(=O)CNC1=O)Nc1ccc(Cl)cc1. The number of carbonyl (C=O) groups excluding carboxylic acids is 4. The molecule has 1 aliphatic heterocycles. The number of imide groups is 1. The van der Waals surface area contributed by atoms with Crippen LogP contribution in [0.2, 0.25) is 5.02 Å². The molecule has 0 aliphatic carbocycles. The number of amides is 4. The lowest BCUT2D eigenvalue weighted by Crippen LogP contribution is -2.32. The van der Waals surface area contributed by atoms with Crippen LogP contribution >= 0.6 is 11.6 Å². The summed E-state index contributed by atoms with van der Waals surface area (Å²) < 4.78 is 4.84. The zero-order valence-corrected chi connectivity index (χ0v) is 13.5. The summed E-state index contributed by atoms with van der Waals surface area (Å²) in [5.74, 6) is -1.37. The molecule has 0 radical (unpaired) electrons. The number of esters is 1. The molecule has 1 fully saturated rings. The van der Waals surface area contributed by atoms with Gasteiger partial charge in [-0.05, 0) is 30.7 Å². The second-order valence-corrected chi connectivity index (χ2v) is 5.46. The first-order valence-electron chi connectivity index (χ1n) is 7.25. The number of anilines is 1. The molecular weight excluding hydrogens is 338 g/mol. The van der Waals surface area contributed by atoms with Crippen LogP contribution in [0, 0.1) is 0 Å². The number of benzene rings is 1. The highest BCUT2D eigenvalue weighted by Crippen LogP contribution is 2.13. The molecule has 8 nitrogen and oxygen atoms in total. The van der Waals surface area contributed by atoms with Gasteiger partial charge < -0.3 is 15.4 Å². The summed E-state index contributed by atoms with van der Waals surface area (Å²) in [6.45, 7) is -0.296. The fourth-order valence-corrected chi connectivity index (χ4v) is 2.14. The van der Waals surface area contributed by atoms with Crippen molar-refractivity contribution < 1.29 is 23.9 Å². The van der Waals surface area contributed by atoms with Gasteiger partial charge in [0.1, 0.15) is 0 Å². The van der Waals surface area contributed by atoms with Crippen molar-refractivity contribution in [2.24, 2.45) is 0 Å². The minimum Gasteiger partial charge on any atom is -0.456 e. The molecule has 1 saturated heterocycles. The van der Waals surface area contributed by atoms with Crippen molar-refractivity contribution in [3.8, 4) is 0 Å². The van der Waals surface area contributed by atoms with Gasteiger partial charge in [-0.3, -0.25) is 19.3 Å². The number of urea groups is 1. The standard InChI is InChI=1S/C15H16ClN3O5/c16-10-3-5-11(6-4-10)18-12(20)9-24-14(22)2-1-7-19-13(21)8-17-15(19)23/h3-6H,1-2,7-9H2,(H,17,23)(H,18,20). The molecule has 128 valence electrons. The van der Waals surface area contributed by atoms with E-state index in [2.05, 4.69) is 10.6 Å². The first kappa shape index (κ1) is 17.7. The topological polar surface area (TPSA) is 105 Å². The van der Waals surface area contributed by atoms with Gasteiger partial charge in [-0.15, -0.1) is 0 Å². The van der Waals surface area contributed by atoms with Crippen molar-refractivity contribution in [1.82, 2.24) is 10.2 Å². The van der Waals surface area contributed by atoms with Gasteiger partial charge in [0.15, 0.2) is 6.61 Å². The molecule has 2 rings (SSSR count). The fourth-order valence-electron chi connectivity index (χ4n) is 2.01. The van der Waals surface area contributed by atoms with Gasteiger partial charge in [0.25, 0.3) is 5.91 Å². The van der Waals surface area contributed by atoms with Crippen LogP contribution in [-0.4, -0.2) is 48.4 Å². The Morgan fingerprint density at radius 2 is 1.96 bits per heavy atom. The molecule has 0 spiro atoms. The molecule has 0 bridgehead atoms. The lowest BCUT2D eigenvalue weighted by molar-refractivity contribution is -0.147. The van der Waals surface area contributed by atoms with Crippen molar-refractivity contribution in [3.63, 3.8) is 0 Å². The van der Waals surface area contributed by atoms with Crippen LogP contribution in [0.4, 0.5) is 10.5 Å². The molecule has 4 amide bonds. The van der Waals surface area contributed by atoms with E-state index in [-0.39, 0.29) is 31.8 Å². The van der Waals surface area contributed by atoms with Gasteiger partial charge >= 0.3 is 12.0 Å². The molecule has 0 atom stereocenters. The van der Waals surface area contributed by atoms with Gasteiger partial charge in [0.05, 0.1) is 6.54 Å². The number of nitrogens with zero attached hydrogens (tertiary/aromatic N) is 1. The van der Waals surface area contributed by atoms with Crippen molar-refractivity contribution in [3.05, 3.63) is 29.3 Å². The maximum atomic E-state index is 11.6. The van der Waals surface area contributed by atoms with E-state index in [9.17, 15) is 19.2 Å². The molecule has 0 unspecified atom stereocenters. The number of hydrogen-bond acceptors (Lipinski definition) is 5. The van der Waals surface area contributed by atoms with Crippen LogP contribution in [-0.2, 0) is 19.1 Å². The number of nitrogens with one attached hydrogen (secondary N) is 2. The monoisotopic (exact) mass is 353 g/mol. The fraction of sp³-hybridized carbons (Fsp3) is 0.333. The molecule has 1 aromatic carbocycles. The van der Waals surface area contributed by atoms with E-state index in [1.165, 1.54) is 0 Å². The highest BCUT2D eigenvalue weighted by molar-refractivity contribution is 6.30. The number of ether oxygens (including phenoxy) is 1. The Morgan fingerprint density at radius 1 is 1.25 bits per heavy atom. The first-order valence-corrected chi connectivity index (χ1v) is 7.63. The van der Waals surface area contributed by atoms with Gasteiger partial charge in [0, 0.05) is 23.7 Å². The number of carbonyl (C=O) groups is 4. The molecule has 2 N–H and O–H groups in total. The highest BCUT2D eigenvalue weighted by atomic mass is 35.5. The third-order valence-corrected chi connectivity index (χ3v) is 3.44. The third kappa shape index (κ3) is 5.24. The summed E-state index contributed by atoms with van der Waals surface area (Å²) in [6.07, 6.45) is 0.280. The van der Waals surface area contributed by atoms with E-state index >= 15 is 0 Å². The summed E-state index contributed by atoms with van der Waals surface area (Å²) in [4.78, 5) is 46.9. The number of halogens is 1. The maximum absolute atomic E-state index is 11.6. The van der Waals surface area contributed by atoms with E-state index < -0.39 is 24.5 Å². The molecule has 9 heteroatoms. The largest absolute Gasteiger partial charge is 0.456 e. The lowest BCUT2D eigenvalue weighted by atomic mass is 10.3. The Labute approximate surface area is 143 Å². The molecule has 24 heavy (non-hydrogen) atoms. The Kier molecular flexibility index (Phi) is 6.14. The van der Waals surface area contributed by atoms with Crippen LogP contribution in [0.3, 0.4) is 0 Å². The van der Waals surface area contributed by atoms with Crippen LogP contribution in [0.1, 0.15) is 12.8 Å². The minimum atomic E-state index is -0.576. The average Bonchev–Trinajstić information content (AvgIpc) is 2.87. The van der Waals surface area contributed by atoms with Crippen molar-refractivity contribution in [2.75, 3.05) is 25.0 Å². The van der Waals surface area contributed by atoms with E-state index in [0.717, 1.165) is 4.90 Å². The van der Waals surface area contributed by atoms with Crippen molar-refractivity contribution in [2.45, 2.75) is 12.8 Å². The van der Waals surface area contributed by atoms with Gasteiger partial charge in [-0.2, -0.15) is 0 Å². The summed E-state index contributed by atoms with van der Waals surface area (Å²) in [5, 5.41) is 5.49. The Balaban J connectivity index is 1.63. The second kappa shape index (κ2) is 8.30. The molecular formula is C15H16ClN3O5. The normalized spacial score (nSPS) is 13.6. The van der Waals surface area contributed by atoms with Crippen LogP contribution in [0.5, 0.6) is 0 Å². The zero-order valence-electron chi connectivity index (χ0n) is 12.7. The Hall–Kier alpha value is -2.61. The predicted molar refractivity (Wildman–Crippen MR) is 85.4 cm³/mol. The Bertz CT molecular complexity index is 631. The second-order valence-electron chi connectivity index (χ2n) is 5.02. The Morgan fingerprint density at radius 3 is 2.58 bits per heavy atom.